The van der Waals surface area contributed by atoms with Crippen LogP contribution in [-0.2, 0) is 6.18 Å². The van der Waals surface area contributed by atoms with E-state index in [1.807, 2.05) is 5.32 Å². The second-order valence-electron chi connectivity index (χ2n) is 4.77. The number of carbonyl (C=O) groups is 2. The van der Waals surface area contributed by atoms with Crippen LogP contribution >= 0.6 is 11.6 Å². The van der Waals surface area contributed by atoms with Crippen molar-refractivity contribution < 1.29 is 32.3 Å². The van der Waals surface area contributed by atoms with E-state index in [0.717, 1.165) is 30.3 Å². The Morgan fingerprint density at radius 3 is 2.32 bits per heavy atom. The number of benzene rings is 2. The molecule has 0 aliphatic heterocycles. The molecule has 2 amide bonds. The molecule has 2 aromatic carbocycles. The Bertz CT molecular complexity index is 840. The lowest BCUT2D eigenvalue weighted by Crippen LogP contribution is -2.15. The van der Waals surface area contributed by atoms with Crippen molar-refractivity contribution in [1.82, 2.24) is 0 Å². The number of alkyl halides is 3. The number of carboxylic acid groups (broad SMARTS) is 1. The van der Waals surface area contributed by atoms with Crippen molar-refractivity contribution in [2.24, 2.45) is 0 Å². The van der Waals surface area contributed by atoms with Crippen molar-refractivity contribution in [3.8, 4) is 0 Å². The average Bonchev–Trinajstić information content (AvgIpc) is 2.49. The first-order valence-corrected chi connectivity index (χ1v) is 6.93. The monoisotopic (exact) mass is 376 g/mol. The molecule has 0 radical (unpaired) electrons. The molecule has 10 heteroatoms. The first kappa shape index (κ1) is 18.5. The Labute approximate surface area is 143 Å². The van der Waals surface area contributed by atoms with Gasteiger partial charge in [-0.2, -0.15) is 13.2 Å². The summed E-state index contributed by atoms with van der Waals surface area (Å²) in [6.45, 7) is 0. The Morgan fingerprint density at radius 2 is 1.72 bits per heavy atom. The van der Waals surface area contributed by atoms with Gasteiger partial charge in [0.25, 0.3) is 5.91 Å². The third-order valence-electron chi connectivity index (χ3n) is 3.00. The number of amides is 2. The Kier molecular flexibility index (Phi) is 5.17. The highest BCUT2D eigenvalue weighted by atomic mass is 35.5. The molecule has 0 unspecified atom stereocenters. The van der Waals surface area contributed by atoms with Crippen LogP contribution in [0.4, 0.5) is 33.7 Å². The smallest absolute Gasteiger partial charge is 0.417 e. The van der Waals surface area contributed by atoms with E-state index in [1.54, 1.807) is 0 Å². The number of nitrogens with one attached hydrogen (secondary N) is 2. The van der Waals surface area contributed by atoms with Crippen LogP contribution in [0.1, 0.15) is 15.9 Å². The van der Waals surface area contributed by atoms with Gasteiger partial charge in [0.05, 0.1) is 16.3 Å². The Hall–Kier alpha value is -2.81. The summed E-state index contributed by atoms with van der Waals surface area (Å²) < 4.78 is 52.2. The predicted molar refractivity (Wildman–Crippen MR) is 82.5 cm³/mol. The van der Waals surface area contributed by atoms with Crippen LogP contribution in [0.25, 0.3) is 0 Å². The number of anilines is 2. The average molecular weight is 377 g/mol. The van der Waals surface area contributed by atoms with Gasteiger partial charge in [0.15, 0.2) is 0 Å². The molecule has 0 aliphatic carbocycles. The highest BCUT2D eigenvalue weighted by Crippen LogP contribution is 2.35. The van der Waals surface area contributed by atoms with Crippen LogP contribution in [0.3, 0.4) is 0 Å². The number of hydrogen-bond donors (Lipinski definition) is 3. The van der Waals surface area contributed by atoms with Crippen molar-refractivity contribution in [3.05, 3.63) is 58.4 Å². The highest BCUT2D eigenvalue weighted by Gasteiger charge is 2.33. The van der Waals surface area contributed by atoms with Crippen LogP contribution in [0, 0.1) is 5.82 Å². The zero-order chi connectivity index (χ0) is 18.8. The van der Waals surface area contributed by atoms with Crippen LogP contribution < -0.4 is 10.6 Å². The maximum absolute atomic E-state index is 13.7. The first-order chi connectivity index (χ1) is 11.6. The summed E-state index contributed by atoms with van der Waals surface area (Å²) in [5.74, 6) is -1.91. The topological polar surface area (TPSA) is 78.4 Å². The molecule has 0 spiro atoms. The van der Waals surface area contributed by atoms with E-state index in [1.165, 1.54) is 0 Å². The molecule has 0 aromatic heterocycles. The Balaban J connectivity index is 2.30. The summed E-state index contributed by atoms with van der Waals surface area (Å²) in [4.78, 5) is 22.6. The van der Waals surface area contributed by atoms with Crippen molar-refractivity contribution in [2.75, 3.05) is 10.6 Å². The largest absolute Gasteiger partial charge is 0.465 e. The van der Waals surface area contributed by atoms with Crippen molar-refractivity contribution in [1.29, 1.82) is 0 Å². The first-order valence-electron chi connectivity index (χ1n) is 6.55. The van der Waals surface area contributed by atoms with Gasteiger partial charge in [0.1, 0.15) is 5.82 Å². The second-order valence-corrected chi connectivity index (χ2v) is 5.18. The fourth-order valence-electron chi connectivity index (χ4n) is 1.90. The third-order valence-corrected chi connectivity index (χ3v) is 3.33. The van der Waals surface area contributed by atoms with Gasteiger partial charge in [-0.15, -0.1) is 0 Å². The minimum atomic E-state index is -4.76. The molecule has 5 nitrogen and oxygen atoms in total. The van der Waals surface area contributed by atoms with Gasteiger partial charge in [-0.3, -0.25) is 10.1 Å². The zero-order valence-electron chi connectivity index (χ0n) is 12.1. The van der Waals surface area contributed by atoms with E-state index in [0.29, 0.717) is 6.07 Å². The highest BCUT2D eigenvalue weighted by molar-refractivity contribution is 6.31. The SMILES string of the molecule is O=C(O)Nc1ccc(F)c(NC(=O)c2ccc(Cl)c(C(F)(F)F)c2)c1. The van der Waals surface area contributed by atoms with E-state index < -0.39 is 45.8 Å². The van der Waals surface area contributed by atoms with Gasteiger partial charge in [-0.05, 0) is 36.4 Å². The minimum absolute atomic E-state index is 0.0312. The fourth-order valence-corrected chi connectivity index (χ4v) is 2.13. The molecule has 0 atom stereocenters. The van der Waals surface area contributed by atoms with Crippen LogP contribution in [0.2, 0.25) is 5.02 Å². The zero-order valence-corrected chi connectivity index (χ0v) is 12.9. The van der Waals surface area contributed by atoms with Crippen LogP contribution in [0.5, 0.6) is 0 Å². The van der Waals surface area contributed by atoms with Gasteiger partial charge in [0, 0.05) is 11.3 Å². The lowest BCUT2D eigenvalue weighted by atomic mass is 10.1. The van der Waals surface area contributed by atoms with Crippen LogP contribution in [0.15, 0.2) is 36.4 Å². The van der Waals surface area contributed by atoms with Gasteiger partial charge < -0.3 is 10.4 Å². The predicted octanol–water partition coefficient (Wildman–Crippen LogP) is 4.84. The molecule has 0 saturated carbocycles. The lowest BCUT2D eigenvalue weighted by molar-refractivity contribution is -0.137. The van der Waals surface area contributed by atoms with E-state index in [-0.39, 0.29) is 5.69 Å². The molecule has 2 rings (SSSR count). The van der Waals surface area contributed by atoms with E-state index >= 15 is 0 Å². The van der Waals surface area contributed by atoms with Crippen molar-refractivity contribution in [2.45, 2.75) is 6.18 Å². The Morgan fingerprint density at radius 1 is 1.04 bits per heavy atom. The molecule has 0 saturated heterocycles. The fraction of sp³-hybridized carbons (Fsp3) is 0.0667. The summed E-state index contributed by atoms with van der Waals surface area (Å²) in [7, 11) is 0. The molecular formula is C15H9ClF4N2O3. The van der Waals surface area contributed by atoms with Gasteiger partial charge in [-0.25, -0.2) is 9.18 Å². The molecule has 3 N–H and O–H groups in total. The normalized spacial score (nSPS) is 11.1. The summed E-state index contributed by atoms with van der Waals surface area (Å²) >= 11 is 5.46. The van der Waals surface area contributed by atoms with Gasteiger partial charge >= 0.3 is 12.3 Å². The van der Waals surface area contributed by atoms with Crippen LogP contribution in [-0.4, -0.2) is 17.1 Å². The third kappa shape index (κ3) is 4.60. The summed E-state index contributed by atoms with van der Waals surface area (Å²) in [6.07, 6.45) is -6.17. The standard InChI is InChI=1S/C15H9ClF4N2O3/c16-10-3-1-7(5-9(10)15(18,19)20)13(23)22-12-6-8(21-14(24)25)2-4-11(12)17/h1-6,21H,(H,22,23)(H,24,25). The molecule has 2 aromatic rings. The molecule has 0 bridgehead atoms. The molecule has 132 valence electrons. The quantitative estimate of drug-likeness (QED) is 0.671. The molecule has 25 heavy (non-hydrogen) atoms. The minimum Gasteiger partial charge on any atom is -0.465 e. The van der Waals surface area contributed by atoms with Gasteiger partial charge in [-0.1, -0.05) is 11.6 Å². The maximum Gasteiger partial charge on any atom is 0.417 e. The molecular weight excluding hydrogens is 368 g/mol. The molecule has 0 fully saturated rings. The second kappa shape index (κ2) is 6.98. The van der Waals surface area contributed by atoms with Crippen molar-refractivity contribution >= 4 is 35.0 Å². The summed E-state index contributed by atoms with van der Waals surface area (Å²) in [6, 6.07) is 5.48. The van der Waals surface area contributed by atoms with E-state index in [4.69, 9.17) is 16.7 Å². The summed E-state index contributed by atoms with van der Waals surface area (Å²) in [5, 5.41) is 12.1. The number of hydrogen-bond acceptors (Lipinski definition) is 2. The number of halogens is 5. The van der Waals surface area contributed by atoms with E-state index in [2.05, 4.69) is 5.32 Å². The summed E-state index contributed by atoms with van der Waals surface area (Å²) in [5.41, 5.74) is -2.03. The maximum atomic E-state index is 13.7. The van der Waals surface area contributed by atoms with Gasteiger partial charge in [0.2, 0.25) is 0 Å². The number of rotatable bonds is 3. The molecule has 0 heterocycles. The molecule has 0 aliphatic rings. The number of carbonyl (C=O) groups excluding carboxylic acids is 1. The van der Waals surface area contributed by atoms with Crippen molar-refractivity contribution in [3.63, 3.8) is 0 Å². The van der Waals surface area contributed by atoms with E-state index in [9.17, 15) is 27.2 Å². The lowest BCUT2D eigenvalue weighted by Gasteiger charge is -2.12.